The number of rotatable bonds is 2. The van der Waals surface area contributed by atoms with E-state index in [-0.39, 0.29) is 0 Å². The molecule has 1 aromatic carbocycles. The van der Waals surface area contributed by atoms with Gasteiger partial charge in [0, 0.05) is 0 Å². The van der Waals surface area contributed by atoms with Crippen molar-refractivity contribution in [2.45, 2.75) is 138 Å². The zero-order valence-corrected chi connectivity index (χ0v) is 28.1. The average Bonchev–Trinajstić information content (AvgIpc) is 2.72. The maximum Gasteiger partial charge on any atom is -0.0173 e. The van der Waals surface area contributed by atoms with Crippen molar-refractivity contribution in [2.24, 2.45) is 10.8 Å². The lowest BCUT2D eigenvalue weighted by Gasteiger charge is -2.20. The van der Waals surface area contributed by atoms with Gasteiger partial charge in [-0.1, -0.05) is 111 Å². The summed E-state index contributed by atoms with van der Waals surface area (Å²) in [6.45, 7) is 41.6. The molecule has 0 amide bonds. The Morgan fingerprint density at radius 3 is 1.06 bits per heavy atom. The third-order valence-corrected chi connectivity index (χ3v) is 6.48. The van der Waals surface area contributed by atoms with E-state index in [1.807, 2.05) is 6.07 Å². The normalized spacial score (nSPS) is 10.2. The largest absolute Gasteiger partial charge is 0.0778 e. The molecule has 0 unspecified atom stereocenters. The summed E-state index contributed by atoms with van der Waals surface area (Å²) in [6, 6.07) is 10.5. The predicted octanol–water partition coefficient (Wildman–Crippen LogP) is 13.0. The Morgan fingerprint density at radius 1 is 0.500 bits per heavy atom. The van der Waals surface area contributed by atoms with Gasteiger partial charge in [0.05, 0.1) is 0 Å². The summed E-state index contributed by atoms with van der Waals surface area (Å²) in [5, 5.41) is 0. The minimum Gasteiger partial charge on any atom is -0.0778 e. The van der Waals surface area contributed by atoms with E-state index >= 15 is 0 Å². The summed E-state index contributed by atoms with van der Waals surface area (Å²) in [6.07, 6.45) is 1.22. The van der Waals surface area contributed by atoms with Gasteiger partial charge in [0.2, 0.25) is 0 Å². The van der Waals surface area contributed by atoms with E-state index in [1.165, 1.54) is 56.6 Å². The highest BCUT2D eigenvalue weighted by atomic mass is 14.2. The van der Waals surface area contributed by atoms with E-state index in [0.29, 0.717) is 10.8 Å². The summed E-state index contributed by atoms with van der Waals surface area (Å²) in [5.41, 5.74) is 13.7. The molecule has 0 aromatic heterocycles. The molecule has 0 radical (unpaired) electrons. The highest BCUT2D eigenvalue weighted by Gasteiger charge is 2.12. The Labute approximate surface area is 229 Å². The zero-order chi connectivity index (χ0) is 29.4. The van der Waals surface area contributed by atoms with E-state index in [0.717, 1.165) is 0 Å². The fourth-order valence-electron chi connectivity index (χ4n) is 2.70. The van der Waals surface area contributed by atoms with Gasteiger partial charge in [-0.3, -0.25) is 0 Å². The van der Waals surface area contributed by atoms with Crippen molar-refractivity contribution < 1.29 is 0 Å². The Hall–Kier alpha value is -1.82. The molecule has 0 saturated heterocycles. The van der Waals surface area contributed by atoms with Crippen molar-refractivity contribution in [2.75, 3.05) is 0 Å². The topological polar surface area (TPSA) is 0 Å². The smallest absolute Gasteiger partial charge is 0.0173 e. The first-order chi connectivity index (χ1) is 16.0. The number of allylic oxidation sites excluding steroid dienone is 8. The quantitative estimate of drug-likeness (QED) is 0.357. The second-order valence-corrected chi connectivity index (χ2v) is 13.4. The highest BCUT2D eigenvalue weighted by molar-refractivity contribution is 5.65. The van der Waals surface area contributed by atoms with Crippen LogP contribution in [0.1, 0.15) is 144 Å². The third kappa shape index (κ3) is 22.6. The molecule has 1 rings (SSSR count). The Kier molecular flexibility index (Phi) is 19.8. The van der Waals surface area contributed by atoms with Crippen LogP contribution in [0, 0.1) is 10.8 Å². The predicted molar refractivity (Wildman–Crippen MR) is 172 cm³/mol. The lowest BCUT2D eigenvalue weighted by atomic mass is 9.85. The van der Waals surface area contributed by atoms with Gasteiger partial charge < -0.3 is 0 Å². The summed E-state index contributed by atoms with van der Waals surface area (Å²) in [7, 11) is 0. The van der Waals surface area contributed by atoms with Crippen molar-refractivity contribution in [1.82, 2.24) is 0 Å². The molecule has 0 nitrogen and oxygen atoms in total. The fourth-order valence-corrected chi connectivity index (χ4v) is 2.70. The second-order valence-electron chi connectivity index (χ2n) is 13.4. The molecule has 0 fully saturated rings. The van der Waals surface area contributed by atoms with Gasteiger partial charge in [0.15, 0.2) is 0 Å². The molecule has 0 heteroatoms. The van der Waals surface area contributed by atoms with Crippen molar-refractivity contribution in [1.29, 1.82) is 0 Å². The SMILES string of the molecule is CC(C)=C(C)C.CC(C)=C(C)C(C)(C)C.CC(C)=C(C)CC(C)(C)C.CC(C)=C(C)c1ccccc1. The van der Waals surface area contributed by atoms with Gasteiger partial charge in [0.25, 0.3) is 0 Å². The zero-order valence-electron chi connectivity index (χ0n) is 28.1. The number of hydrogen-bond acceptors (Lipinski definition) is 0. The van der Waals surface area contributed by atoms with E-state index in [4.69, 9.17) is 0 Å². The van der Waals surface area contributed by atoms with Crippen LogP contribution in [0.5, 0.6) is 0 Å². The molecule has 0 N–H and O–H groups in total. The lowest BCUT2D eigenvalue weighted by molar-refractivity contribution is 0.408. The van der Waals surface area contributed by atoms with Gasteiger partial charge in [-0.2, -0.15) is 0 Å². The molecule has 0 heterocycles. The van der Waals surface area contributed by atoms with Gasteiger partial charge in [0.1, 0.15) is 0 Å². The number of hydrogen-bond donors (Lipinski definition) is 0. The first kappa shape index (κ1) is 38.7. The van der Waals surface area contributed by atoms with Crippen LogP contribution in [0.4, 0.5) is 0 Å². The molecule has 0 bridgehead atoms. The summed E-state index contributed by atoms with van der Waals surface area (Å²) < 4.78 is 0. The van der Waals surface area contributed by atoms with E-state index in [1.54, 1.807) is 0 Å². The Balaban J connectivity index is -0.000000412. The first-order valence-electron chi connectivity index (χ1n) is 13.6. The standard InChI is InChI=1S/C11H14.C10H20.C9H18.C6H12/c1-9(2)10(3)11-7-5-4-6-8-11;1-8(2)9(3)7-10(4,5)6;1-7(2)8(3)9(4,5)6;1-5(2)6(3)4/h4-8H,1-3H3;7H2,1-6H3;1-6H3;1-4H3. The molecule has 0 spiro atoms. The molecular weight excluding hydrogens is 432 g/mol. The summed E-state index contributed by atoms with van der Waals surface area (Å²) >= 11 is 0. The maximum atomic E-state index is 2.28. The fraction of sp³-hybridized carbons (Fsp3) is 0.611. The molecule has 0 aliphatic rings. The van der Waals surface area contributed by atoms with Crippen LogP contribution in [0.15, 0.2) is 69.3 Å². The maximum absolute atomic E-state index is 2.28. The summed E-state index contributed by atoms with van der Waals surface area (Å²) in [5.74, 6) is 0. The molecule has 1 aromatic rings. The van der Waals surface area contributed by atoms with Gasteiger partial charge >= 0.3 is 0 Å². The molecule has 0 aliphatic heterocycles. The molecule has 0 atom stereocenters. The lowest BCUT2D eigenvalue weighted by Crippen LogP contribution is -2.07. The Bertz CT molecular complexity index is 836. The van der Waals surface area contributed by atoms with Crippen LogP contribution in [-0.2, 0) is 0 Å². The van der Waals surface area contributed by atoms with Crippen LogP contribution >= 0.6 is 0 Å². The minimum atomic E-state index is 0.360. The number of benzene rings is 1. The van der Waals surface area contributed by atoms with Crippen LogP contribution in [0.3, 0.4) is 0 Å². The van der Waals surface area contributed by atoms with E-state index < -0.39 is 0 Å². The van der Waals surface area contributed by atoms with Gasteiger partial charge in [-0.25, -0.2) is 0 Å². The van der Waals surface area contributed by atoms with Gasteiger partial charge in [-0.15, -0.1) is 0 Å². The van der Waals surface area contributed by atoms with Gasteiger partial charge in [-0.05, 0) is 118 Å². The Morgan fingerprint density at radius 2 is 0.889 bits per heavy atom. The van der Waals surface area contributed by atoms with Crippen LogP contribution in [0.2, 0.25) is 0 Å². The second kappa shape index (κ2) is 18.4. The van der Waals surface area contributed by atoms with Crippen molar-refractivity contribution in [3.05, 3.63) is 74.9 Å². The van der Waals surface area contributed by atoms with Crippen LogP contribution < -0.4 is 0 Å². The van der Waals surface area contributed by atoms with Crippen LogP contribution in [-0.4, -0.2) is 0 Å². The molecule has 36 heavy (non-hydrogen) atoms. The van der Waals surface area contributed by atoms with Crippen molar-refractivity contribution >= 4 is 5.57 Å². The average molecular weight is 497 g/mol. The highest BCUT2D eigenvalue weighted by Crippen LogP contribution is 2.27. The van der Waals surface area contributed by atoms with E-state index in [9.17, 15) is 0 Å². The van der Waals surface area contributed by atoms with E-state index in [2.05, 4.69) is 156 Å². The molecular formula is C36H64. The van der Waals surface area contributed by atoms with Crippen LogP contribution in [0.25, 0.3) is 5.57 Å². The monoisotopic (exact) mass is 497 g/mol. The molecule has 208 valence electrons. The summed E-state index contributed by atoms with van der Waals surface area (Å²) in [4.78, 5) is 0. The van der Waals surface area contributed by atoms with Crippen molar-refractivity contribution in [3.63, 3.8) is 0 Å². The molecule has 0 saturated carbocycles. The third-order valence-electron chi connectivity index (χ3n) is 6.48. The first-order valence-corrected chi connectivity index (χ1v) is 13.6. The van der Waals surface area contributed by atoms with Crippen molar-refractivity contribution in [3.8, 4) is 0 Å². The minimum absolute atomic E-state index is 0.360. The molecule has 0 aliphatic carbocycles.